The Balaban J connectivity index is 0.848. The van der Waals surface area contributed by atoms with Crippen LogP contribution in [0, 0.1) is 0 Å². The summed E-state index contributed by atoms with van der Waals surface area (Å²) < 4.78 is 13.0. The van der Waals surface area contributed by atoms with Gasteiger partial charge in [0.25, 0.3) is 11.8 Å². The van der Waals surface area contributed by atoms with Gasteiger partial charge in [-0.05, 0) is 61.7 Å². The highest BCUT2D eigenvalue weighted by Gasteiger charge is 2.44. The second kappa shape index (κ2) is 13.2. The Morgan fingerprint density at radius 2 is 1.77 bits per heavy atom. The SMILES string of the molecule is O=C1CCC(N2C(=O)c3ccc(OCCCCN4Cc5cn(-c6ccc(C(=O)OCc7ccccc7)cn6)nc5C4)cc3C2=O)C(=O)N1. The lowest BCUT2D eigenvalue weighted by atomic mass is 10.0. The number of carbonyl (C=O) groups excluding carboxylic acids is 5. The first kappa shape index (κ1) is 30.9. The number of benzene rings is 2. The predicted octanol–water partition coefficient (Wildman–Crippen LogP) is 3.20. The van der Waals surface area contributed by atoms with Crippen LogP contribution in [0.1, 0.15) is 73.6 Å². The molecule has 0 saturated carbocycles. The first-order valence-corrected chi connectivity index (χ1v) is 15.8. The molecule has 0 spiro atoms. The fourth-order valence-electron chi connectivity index (χ4n) is 6.11. The van der Waals surface area contributed by atoms with Gasteiger partial charge < -0.3 is 9.47 Å². The van der Waals surface area contributed by atoms with Gasteiger partial charge in [-0.3, -0.25) is 34.3 Å². The monoisotopic (exact) mass is 648 g/mol. The molecular weight excluding hydrogens is 616 g/mol. The normalized spacial score (nSPS) is 17.3. The molecule has 1 atom stereocenters. The lowest BCUT2D eigenvalue weighted by Gasteiger charge is -2.27. The minimum atomic E-state index is -0.999. The molecule has 0 radical (unpaired) electrons. The second-order valence-electron chi connectivity index (χ2n) is 11.9. The number of hydrogen-bond donors (Lipinski definition) is 1. The smallest absolute Gasteiger partial charge is 0.340 e. The predicted molar refractivity (Wildman–Crippen MR) is 169 cm³/mol. The van der Waals surface area contributed by atoms with E-state index in [4.69, 9.17) is 14.6 Å². The number of pyridine rings is 1. The van der Waals surface area contributed by atoms with Gasteiger partial charge in [0.2, 0.25) is 11.8 Å². The quantitative estimate of drug-likeness (QED) is 0.146. The number of nitrogens with one attached hydrogen (secondary N) is 1. The fourth-order valence-corrected chi connectivity index (χ4v) is 6.11. The van der Waals surface area contributed by atoms with Crippen LogP contribution in [0.3, 0.4) is 0 Å². The van der Waals surface area contributed by atoms with Crippen LogP contribution < -0.4 is 10.1 Å². The summed E-state index contributed by atoms with van der Waals surface area (Å²) in [5, 5.41) is 6.91. The number of amides is 4. The molecule has 4 amide bonds. The van der Waals surface area contributed by atoms with Crippen molar-refractivity contribution in [2.75, 3.05) is 13.2 Å². The number of piperidine rings is 1. The van der Waals surface area contributed by atoms with Crippen LogP contribution in [0.2, 0.25) is 0 Å². The average molecular weight is 649 g/mol. The number of ether oxygens (including phenoxy) is 2. The van der Waals surface area contributed by atoms with Gasteiger partial charge >= 0.3 is 5.97 Å². The molecule has 4 aromatic rings. The molecule has 7 rings (SSSR count). The number of fused-ring (bicyclic) bond motifs is 2. The maximum atomic E-state index is 13.0. The van der Waals surface area contributed by atoms with Crippen molar-refractivity contribution in [2.24, 2.45) is 0 Å². The third-order valence-electron chi connectivity index (χ3n) is 8.62. The van der Waals surface area contributed by atoms with Crippen LogP contribution >= 0.6 is 0 Å². The van der Waals surface area contributed by atoms with Crippen molar-refractivity contribution in [3.63, 3.8) is 0 Å². The molecule has 3 aliphatic heterocycles. The largest absolute Gasteiger partial charge is 0.494 e. The van der Waals surface area contributed by atoms with E-state index in [0.717, 1.165) is 54.2 Å². The molecule has 13 nitrogen and oxygen atoms in total. The zero-order chi connectivity index (χ0) is 33.2. The maximum Gasteiger partial charge on any atom is 0.340 e. The van der Waals surface area contributed by atoms with E-state index in [1.54, 1.807) is 35.0 Å². The third kappa shape index (κ3) is 6.32. The summed E-state index contributed by atoms with van der Waals surface area (Å²) in [4.78, 5) is 69.8. The number of unbranched alkanes of at least 4 members (excludes halogenated alkanes) is 1. The van der Waals surface area contributed by atoms with E-state index in [0.29, 0.717) is 23.7 Å². The van der Waals surface area contributed by atoms with E-state index in [9.17, 15) is 24.0 Å². The summed E-state index contributed by atoms with van der Waals surface area (Å²) in [5.74, 6) is -1.49. The Kier molecular flexibility index (Phi) is 8.51. The van der Waals surface area contributed by atoms with Gasteiger partial charge in [0, 0.05) is 37.5 Å². The van der Waals surface area contributed by atoms with Crippen molar-refractivity contribution >= 4 is 29.6 Å². The van der Waals surface area contributed by atoms with E-state index < -0.39 is 35.6 Å². The summed E-state index contributed by atoms with van der Waals surface area (Å²) in [6, 6.07) is 16.7. The van der Waals surface area contributed by atoms with Crippen LogP contribution in [0.4, 0.5) is 0 Å². The molecule has 1 N–H and O–H groups in total. The van der Waals surface area contributed by atoms with Gasteiger partial charge in [-0.25, -0.2) is 14.5 Å². The van der Waals surface area contributed by atoms with Gasteiger partial charge in [-0.2, -0.15) is 5.10 Å². The first-order chi connectivity index (χ1) is 23.3. The van der Waals surface area contributed by atoms with E-state index in [1.807, 2.05) is 36.5 Å². The third-order valence-corrected chi connectivity index (χ3v) is 8.62. The minimum Gasteiger partial charge on any atom is -0.494 e. The molecular formula is C35H32N6O7. The van der Waals surface area contributed by atoms with Crippen LogP contribution in [0.5, 0.6) is 5.75 Å². The van der Waals surface area contributed by atoms with Crippen molar-refractivity contribution in [1.29, 1.82) is 0 Å². The number of nitrogens with zero attached hydrogens (tertiary/aromatic N) is 5. The Bertz CT molecular complexity index is 1880. The zero-order valence-corrected chi connectivity index (χ0v) is 26.0. The number of rotatable bonds is 11. The highest BCUT2D eigenvalue weighted by atomic mass is 16.5. The molecule has 5 heterocycles. The molecule has 0 bridgehead atoms. The number of imide groups is 2. The lowest BCUT2D eigenvalue weighted by molar-refractivity contribution is -0.136. The molecule has 244 valence electrons. The number of esters is 1. The van der Waals surface area contributed by atoms with E-state index in [2.05, 4.69) is 15.2 Å². The van der Waals surface area contributed by atoms with Crippen molar-refractivity contribution in [3.05, 3.63) is 107 Å². The zero-order valence-electron chi connectivity index (χ0n) is 26.0. The van der Waals surface area contributed by atoms with E-state index in [1.165, 1.54) is 6.20 Å². The van der Waals surface area contributed by atoms with E-state index in [-0.39, 0.29) is 30.6 Å². The average Bonchev–Trinajstić information content (AvgIpc) is 3.74. The topological polar surface area (TPSA) is 153 Å². The molecule has 1 saturated heterocycles. The standard InChI is InChI=1S/C35H32N6O7/c42-31-13-11-29(32(43)37-31)41-33(44)26-10-9-25(16-27(26)34(41)45)47-15-5-4-14-39-18-24-19-40(38-28(24)20-39)30-12-8-23(17-36-30)35(46)48-21-22-6-2-1-3-7-22/h1-3,6-10,12,16-17,19,29H,4-5,11,13-15,18,20-21H2,(H,37,42,43). The highest BCUT2D eigenvalue weighted by Crippen LogP contribution is 2.30. The number of carbonyl (C=O) groups is 5. The maximum absolute atomic E-state index is 13.0. The van der Waals surface area contributed by atoms with Gasteiger partial charge in [-0.1, -0.05) is 30.3 Å². The molecule has 1 fully saturated rings. The van der Waals surface area contributed by atoms with Crippen molar-refractivity contribution in [2.45, 2.75) is 51.4 Å². The Labute approximate surface area is 275 Å². The van der Waals surface area contributed by atoms with Gasteiger partial charge in [0.1, 0.15) is 18.4 Å². The van der Waals surface area contributed by atoms with Crippen LogP contribution in [-0.4, -0.2) is 73.4 Å². The van der Waals surface area contributed by atoms with Crippen molar-refractivity contribution in [1.82, 2.24) is 29.9 Å². The summed E-state index contributed by atoms with van der Waals surface area (Å²) >= 11 is 0. The van der Waals surface area contributed by atoms with Gasteiger partial charge in [-0.15, -0.1) is 0 Å². The number of aromatic nitrogens is 3. The molecule has 2 aromatic carbocycles. The van der Waals surface area contributed by atoms with Gasteiger partial charge in [0.05, 0.1) is 29.0 Å². The van der Waals surface area contributed by atoms with Crippen molar-refractivity contribution < 1.29 is 33.4 Å². The van der Waals surface area contributed by atoms with E-state index >= 15 is 0 Å². The molecule has 3 aliphatic rings. The highest BCUT2D eigenvalue weighted by molar-refractivity contribution is 6.23. The Hall–Kier alpha value is -5.69. The van der Waals surface area contributed by atoms with Crippen LogP contribution in [0.25, 0.3) is 5.82 Å². The first-order valence-electron chi connectivity index (χ1n) is 15.8. The number of hydrogen-bond acceptors (Lipinski definition) is 10. The summed E-state index contributed by atoms with van der Waals surface area (Å²) in [5.41, 5.74) is 3.83. The van der Waals surface area contributed by atoms with Crippen molar-refractivity contribution in [3.8, 4) is 11.6 Å². The second-order valence-corrected chi connectivity index (χ2v) is 11.9. The Morgan fingerprint density at radius 3 is 2.54 bits per heavy atom. The fraction of sp³-hybridized carbons (Fsp3) is 0.286. The summed E-state index contributed by atoms with van der Waals surface area (Å²) in [6.07, 6.45) is 5.32. The van der Waals surface area contributed by atoms with Crippen LogP contribution in [0.15, 0.2) is 73.1 Å². The minimum absolute atomic E-state index is 0.0721. The molecule has 0 aliphatic carbocycles. The summed E-state index contributed by atoms with van der Waals surface area (Å²) in [7, 11) is 0. The van der Waals surface area contributed by atoms with Crippen LogP contribution in [-0.2, 0) is 34.0 Å². The lowest BCUT2D eigenvalue weighted by Crippen LogP contribution is -2.54. The molecule has 1 unspecified atom stereocenters. The molecule has 13 heteroatoms. The Morgan fingerprint density at radius 1 is 0.938 bits per heavy atom. The summed E-state index contributed by atoms with van der Waals surface area (Å²) in [6.45, 7) is 2.98. The van der Waals surface area contributed by atoms with Gasteiger partial charge in [0.15, 0.2) is 5.82 Å². The molecule has 2 aromatic heterocycles. The molecule has 48 heavy (non-hydrogen) atoms.